The van der Waals surface area contributed by atoms with E-state index in [1.165, 1.54) is 25.5 Å². The molecule has 20 heavy (non-hydrogen) atoms. The zero-order valence-electron chi connectivity index (χ0n) is 12.4. The maximum atomic E-state index is 13.6. The summed E-state index contributed by atoms with van der Waals surface area (Å²) in [5.41, 5.74) is 0.404. The molecule has 1 aliphatic rings. The summed E-state index contributed by atoms with van der Waals surface area (Å²) in [5, 5.41) is 10.1. The summed E-state index contributed by atoms with van der Waals surface area (Å²) in [4.78, 5) is 4.64. The number of benzene rings is 1. The number of aliphatic hydroxyl groups is 1. The molecule has 2 rings (SSSR count). The van der Waals surface area contributed by atoms with Crippen molar-refractivity contribution >= 4 is 0 Å². The smallest absolute Gasteiger partial charge is 0.128 e. The standard InChI is InChI=1S/C16H25FN2O/c1-18-10-5-6-13(12-18)19(2)11-9-16(20)14-7-3-4-8-15(14)17/h3-4,7-8,13,16,20H,5-6,9-12H2,1-2H3. The predicted octanol–water partition coefficient (Wildman–Crippen LogP) is 2.28. The Hall–Kier alpha value is -0.970. The second kappa shape index (κ2) is 7.16. The summed E-state index contributed by atoms with van der Waals surface area (Å²) in [5.74, 6) is -0.319. The van der Waals surface area contributed by atoms with Gasteiger partial charge in [-0.3, -0.25) is 0 Å². The van der Waals surface area contributed by atoms with Gasteiger partial charge in [0.05, 0.1) is 6.10 Å². The van der Waals surface area contributed by atoms with E-state index in [-0.39, 0.29) is 5.82 Å². The van der Waals surface area contributed by atoms with Gasteiger partial charge in [0, 0.05) is 24.7 Å². The first-order chi connectivity index (χ1) is 9.58. The molecule has 112 valence electrons. The lowest BCUT2D eigenvalue weighted by Gasteiger charge is -2.36. The lowest BCUT2D eigenvalue weighted by atomic mass is 10.0. The van der Waals surface area contributed by atoms with Gasteiger partial charge in [-0.05, 0) is 46.0 Å². The van der Waals surface area contributed by atoms with Crippen LogP contribution in [0.4, 0.5) is 4.39 Å². The van der Waals surface area contributed by atoms with Crippen molar-refractivity contribution in [3.05, 3.63) is 35.6 Å². The van der Waals surface area contributed by atoms with Crippen LogP contribution in [0.15, 0.2) is 24.3 Å². The number of piperidine rings is 1. The van der Waals surface area contributed by atoms with Gasteiger partial charge in [-0.1, -0.05) is 18.2 Å². The monoisotopic (exact) mass is 280 g/mol. The van der Waals surface area contributed by atoms with Crippen LogP contribution in [-0.2, 0) is 0 Å². The lowest BCUT2D eigenvalue weighted by molar-refractivity contribution is 0.103. The molecule has 0 amide bonds. The van der Waals surface area contributed by atoms with E-state index < -0.39 is 6.10 Å². The minimum atomic E-state index is -0.722. The molecule has 0 aromatic heterocycles. The molecule has 1 saturated heterocycles. The van der Waals surface area contributed by atoms with Crippen LogP contribution in [0.25, 0.3) is 0 Å². The van der Waals surface area contributed by atoms with E-state index in [4.69, 9.17) is 0 Å². The summed E-state index contributed by atoms with van der Waals surface area (Å²) in [6, 6.07) is 7.02. The van der Waals surface area contributed by atoms with E-state index in [2.05, 4.69) is 23.9 Å². The van der Waals surface area contributed by atoms with Crippen LogP contribution in [0.2, 0.25) is 0 Å². The minimum Gasteiger partial charge on any atom is -0.388 e. The van der Waals surface area contributed by atoms with Gasteiger partial charge in [0.25, 0.3) is 0 Å². The highest BCUT2D eigenvalue weighted by atomic mass is 19.1. The molecular weight excluding hydrogens is 255 g/mol. The topological polar surface area (TPSA) is 26.7 Å². The molecule has 2 atom stereocenters. The fraction of sp³-hybridized carbons (Fsp3) is 0.625. The second-order valence-electron chi connectivity index (χ2n) is 5.86. The number of hydrogen-bond donors (Lipinski definition) is 1. The van der Waals surface area contributed by atoms with Crippen molar-refractivity contribution in [2.75, 3.05) is 33.7 Å². The Morgan fingerprint density at radius 3 is 2.90 bits per heavy atom. The number of likely N-dealkylation sites (tertiary alicyclic amines) is 1. The van der Waals surface area contributed by atoms with Gasteiger partial charge < -0.3 is 14.9 Å². The van der Waals surface area contributed by atoms with Crippen LogP contribution in [0.3, 0.4) is 0 Å². The zero-order valence-corrected chi connectivity index (χ0v) is 12.4. The second-order valence-corrected chi connectivity index (χ2v) is 5.86. The minimum absolute atomic E-state index is 0.319. The Balaban J connectivity index is 1.83. The average molecular weight is 280 g/mol. The van der Waals surface area contributed by atoms with Crippen molar-refractivity contribution in [3.63, 3.8) is 0 Å². The number of rotatable bonds is 5. The molecule has 1 fully saturated rings. The van der Waals surface area contributed by atoms with Crippen LogP contribution in [0.5, 0.6) is 0 Å². The number of hydrogen-bond acceptors (Lipinski definition) is 3. The molecule has 0 saturated carbocycles. The Kier molecular flexibility index (Phi) is 5.52. The van der Waals surface area contributed by atoms with Crippen LogP contribution >= 0.6 is 0 Å². The van der Waals surface area contributed by atoms with Crippen molar-refractivity contribution in [1.29, 1.82) is 0 Å². The van der Waals surface area contributed by atoms with E-state index in [9.17, 15) is 9.50 Å². The zero-order chi connectivity index (χ0) is 14.5. The normalized spacial score (nSPS) is 22.1. The molecule has 1 N–H and O–H groups in total. The Morgan fingerprint density at radius 2 is 2.20 bits per heavy atom. The van der Waals surface area contributed by atoms with E-state index in [1.54, 1.807) is 18.2 Å². The third kappa shape index (κ3) is 4.01. The molecule has 4 heteroatoms. The van der Waals surface area contributed by atoms with Crippen molar-refractivity contribution in [2.45, 2.75) is 31.4 Å². The van der Waals surface area contributed by atoms with Crippen molar-refractivity contribution in [3.8, 4) is 0 Å². The summed E-state index contributed by atoms with van der Waals surface area (Å²) in [6.07, 6.45) is 2.27. The molecule has 1 aliphatic heterocycles. The highest BCUT2D eigenvalue weighted by Gasteiger charge is 2.22. The lowest BCUT2D eigenvalue weighted by Crippen LogP contribution is -2.45. The largest absolute Gasteiger partial charge is 0.388 e. The van der Waals surface area contributed by atoms with Crippen LogP contribution in [0, 0.1) is 5.82 Å². The van der Waals surface area contributed by atoms with Crippen molar-refractivity contribution < 1.29 is 9.50 Å². The third-order valence-corrected chi connectivity index (χ3v) is 4.24. The first-order valence-corrected chi connectivity index (χ1v) is 7.39. The summed E-state index contributed by atoms with van der Waals surface area (Å²) < 4.78 is 13.6. The number of aliphatic hydroxyl groups excluding tert-OH is 1. The third-order valence-electron chi connectivity index (χ3n) is 4.24. The number of likely N-dealkylation sites (N-methyl/N-ethyl adjacent to an activating group) is 2. The summed E-state index contributed by atoms with van der Waals surface area (Å²) in [6.45, 7) is 3.03. The maximum Gasteiger partial charge on any atom is 0.128 e. The van der Waals surface area contributed by atoms with Crippen molar-refractivity contribution in [1.82, 2.24) is 9.80 Å². The molecule has 2 unspecified atom stereocenters. The molecule has 1 aromatic rings. The quantitative estimate of drug-likeness (QED) is 0.896. The molecule has 1 heterocycles. The molecule has 3 nitrogen and oxygen atoms in total. The van der Waals surface area contributed by atoms with Crippen LogP contribution in [0.1, 0.15) is 30.9 Å². The van der Waals surface area contributed by atoms with Gasteiger partial charge >= 0.3 is 0 Å². The fourth-order valence-corrected chi connectivity index (χ4v) is 2.91. The average Bonchev–Trinajstić information content (AvgIpc) is 2.45. The number of halogens is 1. The summed E-state index contributed by atoms with van der Waals surface area (Å²) in [7, 11) is 4.24. The molecule has 0 bridgehead atoms. The van der Waals surface area contributed by atoms with E-state index in [0.29, 0.717) is 18.0 Å². The highest BCUT2D eigenvalue weighted by molar-refractivity contribution is 5.19. The van der Waals surface area contributed by atoms with Crippen molar-refractivity contribution in [2.24, 2.45) is 0 Å². The highest BCUT2D eigenvalue weighted by Crippen LogP contribution is 2.21. The van der Waals surface area contributed by atoms with Gasteiger partial charge in [0.1, 0.15) is 5.82 Å². The molecular formula is C16H25FN2O. The SMILES string of the molecule is CN1CCCC(N(C)CCC(O)c2ccccc2F)C1. The fourth-order valence-electron chi connectivity index (χ4n) is 2.91. The van der Waals surface area contributed by atoms with Crippen LogP contribution in [-0.4, -0.2) is 54.7 Å². The van der Waals surface area contributed by atoms with E-state index in [0.717, 1.165) is 13.1 Å². The van der Waals surface area contributed by atoms with Gasteiger partial charge in [-0.15, -0.1) is 0 Å². The van der Waals surface area contributed by atoms with E-state index in [1.807, 2.05) is 0 Å². The number of nitrogens with zero attached hydrogens (tertiary/aromatic N) is 2. The van der Waals surface area contributed by atoms with Gasteiger partial charge in [-0.25, -0.2) is 4.39 Å². The molecule has 0 radical (unpaired) electrons. The molecule has 0 spiro atoms. The molecule has 1 aromatic carbocycles. The molecule has 0 aliphatic carbocycles. The van der Waals surface area contributed by atoms with Crippen LogP contribution < -0.4 is 0 Å². The first-order valence-electron chi connectivity index (χ1n) is 7.39. The predicted molar refractivity (Wildman–Crippen MR) is 79.1 cm³/mol. The first kappa shape index (κ1) is 15.4. The van der Waals surface area contributed by atoms with Gasteiger partial charge in [0.15, 0.2) is 0 Å². The van der Waals surface area contributed by atoms with E-state index >= 15 is 0 Å². The Labute approximate surface area is 121 Å². The Morgan fingerprint density at radius 1 is 1.45 bits per heavy atom. The maximum absolute atomic E-state index is 13.6. The van der Waals surface area contributed by atoms with Gasteiger partial charge in [-0.2, -0.15) is 0 Å². The Bertz CT molecular complexity index is 427. The summed E-state index contributed by atoms with van der Waals surface area (Å²) >= 11 is 0. The van der Waals surface area contributed by atoms with Gasteiger partial charge in [0.2, 0.25) is 0 Å².